The van der Waals surface area contributed by atoms with Gasteiger partial charge in [0.05, 0.1) is 30.7 Å². The van der Waals surface area contributed by atoms with Crippen molar-refractivity contribution >= 4 is 27.5 Å². The third-order valence-corrected chi connectivity index (χ3v) is 4.24. The summed E-state index contributed by atoms with van der Waals surface area (Å²) in [6.07, 6.45) is 5.19. The summed E-state index contributed by atoms with van der Waals surface area (Å²) < 4.78 is 6.67. The quantitative estimate of drug-likeness (QED) is 0.790. The zero-order valence-corrected chi connectivity index (χ0v) is 12.9. The summed E-state index contributed by atoms with van der Waals surface area (Å²) in [6.45, 7) is 4.81. The molecule has 4 heteroatoms. The summed E-state index contributed by atoms with van der Waals surface area (Å²) in [5.41, 5.74) is 0. The van der Waals surface area contributed by atoms with Crippen LogP contribution in [0.25, 0.3) is 0 Å². The number of quaternary nitrogens is 1. The fourth-order valence-electron chi connectivity index (χ4n) is 2.38. The lowest BCUT2D eigenvalue weighted by molar-refractivity contribution is -0.887. The van der Waals surface area contributed by atoms with Gasteiger partial charge in [-0.3, -0.25) is 0 Å². The van der Waals surface area contributed by atoms with Gasteiger partial charge in [0.2, 0.25) is 0 Å². The largest absolute Gasteiger partial charge is 0.492 e. The van der Waals surface area contributed by atoms with Gasteiger partial charge >= 0.3 is 0 Å². The van der Waals surface area contributed by atoms with Crippen LogP contribution in [0.5, 0.6) is 5.75 Å². The third kappa shape index (κ3) is 4.45. The molecule has 1 aliphatic heterocycles. The normalized spacial score (nSPS) is 16.1. The Morgan fingerprint density at radius 3 is 2.72 bits per heavy atom. The summed E-state index contributed by atoms with van der Waals surface area (Å²) in [4.78, 5) is 1.77. The highest BCUT2D eigenvalue weighted by molar-refractivity contribution is 9.10. The molecule has 0 amide bonds. The van der Waals surface area contributed by atoms with Gasteiger partial charge in [0.15, 0.2) is 0 Å². The van der Waals surface area contributed by atoms with E-state index < -0.39 is 0 Å². The van der Waals surface area contributed by atoms with E-state index in [0.717, 1.165) is 28.3 Å². The van der Waals surface area contributed by atoms with Crippen LogP contribution in [0.2, 0.25) is 5.02 Å². The molecule has 0 aliphatic carbocycles. The van der Waals surface area contributed by atoms with Gasteiger partial charge in [0.25, 0.3) is 0 Å². The van der Waals surface area contributed by atoms with Crippen molar-refractivity contribution in [2.24, 2.45) is 0 Å². The average molecular weight is 334 g/mol. The molecule has 0 aromatic heterocycles. The number of likely N-dealkylation sites (tertiary alicyclic amines) is 1. The van der Waals surface area contributed by atoms with Crippen LogP contribution in [0.15, 0.2) is 22.7 Å². The average Bonchev–Trinajstić information content (AvgIpc) is 2.84. The van der Waals surface area contributed by atoms with Crippen LogP contribution in [0.1, 0.15) is 25.7 Å². The maximum Gasteiger partial charge on any atom is 0.133 e. The van der Waals surface area contributed by atoms with E-state index in [0.29, 0.717) is 0 Å². The number of rotatable bonds is 6. The lowest BCUT2D eigenvalue weighted by Crippen LogP contribution is -3.09. The fraction of sp³-hybridized carbons (Fsp3) is 0.571. The van der Waals surface area contributed by atoms with E-state index in [1.807, 2.05) is 18.2 Å². The first kappa shape index (κ1) is 14.2. The molecule has 1 aliphatic rings. The molecule has 0 saturated carbocycles. The maximum absolute atomic E-state index is 5.89. The molecule has 2 nitrogen and oxygen atoms in total. The number of nitrogens with one attached hydrogen (secondary N) is 1. The predicted octanol–water partition coefficient (Wildman–Crippen LogP) is 2.94. The first-order chi connectivity index (χ1) is 8.75. The van der Waals surface area contributed by atoms with E-state index in [4.69, 9.17) is 16.3 Å². The predicted molar refractivity (Wildman–Crippen MR) is 78.7 cm³/mol. The molecule has 0 unspecified atom stereocenters. The van der Waals surface area contributed by atoms with Gasteiger partial charge in [0.1, 0.15) is 5.75 Å². The molecule has 1 aromatic rings. The fourth-order valence-corrected chi connectivity index (χ4v) is 3.17. The number of ether oxygens (including phenoxy) is 1. The van der Waals surface area contributed by atoms with Crippen molar-refractivity contribution in [3.63, 3.8) is 0 Å². The van der Waals surface area contributed by atoms with E-state index in [1.165, 1.54) is 38.9 Å². The number of unbranched alkanes of at least 4 members (excludes halogenated alkanes) is 1. The minimum atomic E-state index is 0.729. The standard InChI is InChI=1S/C14H19BrClNO/c15-13-11-12(16)5-6-14(13)18-10-4-3-9-17-7-1-2-8-17/h5-6,11H,1-4,7-10H2/p+1. The van der Waals surface area contributed by atoms with Crippen molar-refractivity contribution in [2.75, 3.05) is 26.2 Å². The lowest BCUT2D eigenvalue weighted by Gasteiger charge is -2.12. The van der Waals surface area contributed by atoms with Crippen LogP contribution in [-0.2, 0) is 0 Å². The van der Waals surface area contributed by atoms with Crippen molar-refractivity contribution in [3.8, 4) is 5.75 Å². The van der Waals surface area contributed by atoms with Crippen molar-refractivity contribution in [3.05, 3.63) is 27.7 Å². The minimum Gasteiger partial charge on any atom is -0.492 e. The minimum absolute atomic E-state index is 0.729. The van der Waals surface area contributed by atoms with E-state index >= 15 is 0 Å². The molecule has 0 radical (unpaired) electrons. The van der Waals surface area contributed by atoms with E-state index in [2.05, 4.69) is 15.9 Å². The zero-order valence-electron chi connectivity index (χ0n) is 10.6. The molecule has 0 bridgehead atoms. The maximum atomic E-state index is 5.89. The van der Waals surface area contributed by atoms with Crippen molar-refractivity contribution in [1.29, 1.82) is 0 Å². The van der Waals surface area contributed by atoms with Crippen LogP contribution >= 0.6 is 27.5 Å². The number of halogens is 2. The zero-order chi connectivity index (χ0) is 12.8. The van der Waals surface area contributed by atoms with Crippen molar-refractivity contribution in [1.82, 2.24) is 0 Å². The van der Waals surface area contributed by atoms with Gasteiger partial charge < -0.3 is 9.64 Å². The summed E-state index contributed by atoms with van der Waals surface area (Å²) in [5.74, 6) is 0.882. The molecule has 1 fully saturated rings. The molecule has 100 valence electrons. The number of hydrogen-bond acceptors (Lipinski definition) is 1. The molecule has 2 rings (SSSR count). The monoisotopic (exact) mass is 332 g/mol. The molecule has 0 atom stereocenters. The van der Waals surface area contributed by atoms with Crippen LogP contribution in [0.3, 0.4) is 0 Å². The van der Waals surface area contributed by atoms with Gasteiger partial charge in [-0.25, -0.2) is 0 Å². The van der Waals surface area contributed by atoms with Crippen LogP contribution in [-0.4, -0.2) is 26.2 Å². The van der Waals surface area contributed by atoms with Gasteiger partial charge in [0, 0.05) is 17.9 Å². The van der Waals surface area contributed by atoms with Crippen LogP contribution in [0.4, 0.5) is 0 Å². The Balaban J connectivity index is 1.62. The molecular formula is C14H20BrClNO+. The highest BCUT2D eigenvalue weighted by Crippen LogP contribution is 2.27. The van der Waals surface area contributed by atoms with Crippen molar-refractivity contribution < 1.29 is 9.64 Å². The Morgan fingerprint density at radius 1 is 1.22 bits per heavy atom. The van der Waals surface area contributed by atoms with Gasteiger partial charge in [-0.15, -0.1) is 0 Å². The molecule has 1 N–H and O–H groups in total. The summed E-state index contributed by atoms with van der Waals surface area (Å²) in [7, 11) is 0. The van der Waals surface area contributed by atoms with Gasteiger partial charge in [-0.2, -0.15) is 0 Å². The second-order valence-electron chi connectivity index (χ2n) is 4.84. The van der Waals surface area contributed by atoms with E-state index in [9.17, 15) is 0 Å². The summed E-state index contributed by atoms with van der Waals surface area (Å²) >= 11 is 9.34. The highest BCUT2D eigenvalue weighted by Gasteiger charge is 2.13. The topological polar surface area (TPSA) is 13.7 Å². The van der Waals surface area contributed by atoms with Crippen LogP contribution < -0.4 is 9.64 Å². The number of benzene rings is 1. The molecule has 18 heavy (non-hydrogen) atoms. The van der Waals surface area contributed by atoms with Gasteiger partial charge in [-0.05, 0) is 47.0 Å². The molecule has 1 heterocycles. The second-order valence-corrected chi connectivity index (χ2v) is 6.13. The van der Waals surface area contributed by atoms with Gasteiger partial charge in [-0.1, -0.05) is 11.6 Å². The Hall–Kier alpha value is -0.250. The van der Waals surface area contributed by atoms with Crippen LogP contribution in [0, 0.1) is 0 Å². The summed E-state index contributed by atoms with van der Waals surface area (Å²) in [6, 6.07) is 5.64. The Morgan fingerprint density at radius 2 is 2.00 bits per heavy atom. The molecular weight excluding hydrogens is 314 g/mol. The lowest BCUT2D eigenvalue weighted by atomic mass is 10.3. The molecule has 1 aromatic carbocycles. The Kier molecular flexibility index (Phi) is 5.80. The first-order valence-electron chi connectivity index (χ1n) is 6.67. The van der Waals surface area contributed by atoms with E-state index in [-0.39, 0.29) is 0 Å². The Bertz CT molecular complexity index is 380. The van der Waals surface area contributed by atoms with E-state index in [1.54, 1.807) is 4.90 Å². The molecule has 0 spiro atoms. The first-order valence-corrected chi connectivity index (χ1v) is 7.84. The highest BCUT2D eigenvalue weighted by atomic mass is 79.9. The second kappa shape index (κ2) is 7.37. The molecule has 1 saturated heterocycles. The van der Waals surface area contributed by atoms with Crippen molar-refractivity contribution in [2.45, 2.75) is 25.7 Å². The number of hydrogen-bond donors (Lipinski definition) is 1. The smallest absolute Gasteiger partial charge is 0.133 e. The Labute approximate surface area is 122 Å². The third-order valence-electron chi connectivity index (χ3n) is 3.39. The summed E-state index contributed by atoms with van der Waals surface area (Å²) in [5, 5.41) is 0.729. The SMILES string of the molecule is Clc1ccc(OCCCC[NH+]2CCCC2)c(Br)c1.